The van der Waals surface area contributed by atoms with E-state index in [1.54, 1.807) is 45.0 Å². The first-order valence-electron chi connectivity index (χ1n) is 14.8. The van der Waals surface area contributed by atoms with Crippen molar-refractivity contribution in [2.45, 2.75) is 71.9 Å². The summed E-state index contributed by atoms with van der Waals surface area (Å²) in [5, 5.41) is 0. The van der Waals surface area contributed by atoms with E-state index in [0.29, 0.717) is 16.8 Å². The first-order chi connectivity index (χ1) is 22.1. The van der Waals surface area contributed by atoms with E-state index in [9.17, 15) is 33.2 Å². The zero-order valence-electron chi connectivity index (χ0n) is 26.5. The van der Waals surface area contributed by atoms with Gasteiger partial charge >= 0.3 is 29.9 Å². The molecule has 2 aliphatic heterocycles. The molecule has 4 rings (SSSR count). The van der Waals surface area contributed by atoms with E-state index in [4.69, 9.17) is 23.7 Å². The second-order valence-corrected chi connectivity index (χ2v) is 11.5. The third-order valence-electron chi connectivity index (χ3n) is 7.34. The maximum Gasteiger partial charge on any atom is 0.404 e. The van der Waals surface area contributed by atoms with Gasteiger partial charge in [0.25, 0.3) is 0 Å². The van der Waals surface area contributed by atoms with Crippen LogP contribution in [0.5, 0.6) is 11.5 Å². The Morgan fingerprint density at radius 3 is 2.38 bits per heavy atom. The largest absolute Gasteiger partial charge is 0.428 e. The van der Waals surface area contributed by atoms with E-state index < -0.39 is 73.2 Å². The van der Waals surface area contributed by atoms with Crippen LogP contribution in [0.25, 0.3) is 0 Å². The van der Waals surface area contributed by atoms with Gasteiger partial charge in [-0.15, -0.1) is 0 Å². The van der Waals surface area contributed by atoms with Gasteiger partial charge in [0.1, 0.15) is 6.04 Å². The van der Waals surface area contributed by atoms with E-state index in [2.05, 4.69) is 9.72 Å². The van der Waals surface area contributed by atoms with Crippen LogP contribution in [-0.2, 0) is 60.6 Å². The number of carbonyl (C=O) groups excluding carboxylic acids is 6. The van der Waals surface area contributed by atoms with Crippen molar-refractivity contribution in [1.82, 2.24) is 9.88 Å². The first-order valence-corrected chi connectivity index (χ1v) is 14.8. The van der Waals surface area contributed by atoms with E-state index in [0.717, 1.165) is 18.7 Å². The van der Waals surface area contributed by atoms with Crippen molar-refractivity contribution in [2.75, 3.05) is 13.6 Å². The van der Waals surface area contributed by atoms with Crippen molar-refractivity contribution >= 4 is 35.7 Å². The van der Waals surface area contributed by atoms with Gasteiger partial charge in [-0.25, -0.2) is 4.79 Å². The smallest absolute Gasteiger partial charge is 0.404 e. The molecule has 0 bridgehead atoms. The molecule has 252 valence electrons. The Labute approximate surface area is 269 Å². The predicted octanol–water partition coefficient (Wildman–Crippen LogP) is 2.89. The summed E-state index contributed by atoms with van der Waals surface area (Å²) in [6, 6.07) is 4.19. The van der Waals surface area contributed by atoms with E-state index in [1.165, 1.54) is 12.3 Å². The molecule has 1 aromatic heterocycles. The number of β-lactam (4-membered cyclic amide) rings is 1. The highest BCUT2D eigenvalue weighted by Crippen LogP contribution is 2.42. The van der Waals surface area contributed by atoms with E-state index in [-0.39, 0.29) is 36.7 Å². The number of imide groups is 1. The number of hydrogen-bond acceptors (Lipinski definition) is 13. The molecule has 1 saturated heterocycles. The predicted molar refractivity (Wildman–Crippen MR) is 156 cm³/mol. The third-order valence-corrected chi connectivity index (χ3v) is 7.34. The summed E-state index contributed by atoms with van der Waals surface area (Å²) in [7, 11) is 0. The fraction of sp³-hybridized carbons (Fsp3) is 0.469. The van der Waals surface area contributed by atoms with Crippen LogP contribution in [0.15, 0.2) is 36.5 Å². The minimum Gasteiger partial charge on any atom is -0.428 e. The molecular weight excluding hydrogens is 623 g/mol. The molecule has 2 amide bonds. The summed E-state index contributed by atoms with van der Waals surface area (Å²) in [4.78, 5) is 79.7. The molecule has 14 nitrogen and oxygen atoms in total. The van der Waals surface area contributed by atoms with Gasteiger partial charge in [-0.2, -0.15) is 4.39 Å². The Hall–Kier alpha value is -5.08. The molecule has 0 N–H and O–H groups in total. The number of rotatable bonds is 13. The summed E-state index contributed by atoms with van der Waals surface area (Å²) >= 11 is 0. The van der Waals surface area contributed by atoms with Crippen LogP contribution in [0.1, 0.15) is 63.8 Å². The summed E-state index contributed by atoms with van der Waals surface area (Å²) in [6.07, 6.45) is 0.959. The molecule has 15 heteroatoms. The molecule has 0 radical (unpaired) electrons. The Kier molecular flexibility index (Phi) is 10.8. The van der Waals surface area contributed by atoms with E-state index in [1.807, 2.05) is 0 Å². The number of ether oxygens (including phenoxy) is 6. The first kappa shape index (κ1) is 34.8. The highest BCUT2D eigenvalue weighted by atomic mass is 19.2. The fourth-order valence-corrected chi connectivity index (χ4v) is 4.96. The average molecular weight is 659 g/mol. The van der Waals surface area contributed by atoms with Gasteiger partial charge in [-0.05, 0) is 47.7 Å². The molecule has 1 aromatic carbocycles. The monoisotopic (exact) mass is 658 g/mol. The number of halogens is 1. The second-order valence-electron chi connectivity index (χ2n) is 11.5. The van der Waals surface area contributed by atoms with Gasteiger partial charge in [0.05, 0.1) is 24.0 Å². The number of pyridine rings is 1. The molecule has 0 spiro atoms. The Morgan fingerprint density at radius 1 is 0.979 bits per heavy atom. The normalized spacial score (nSPS) is 20.2. The number of amides is 2. The minimum atomic E-state index is -2.32. The van der Waals surface area contributed by atoms with Gasteiger partial charge in [0, 0.05) is 26.5 Å². The average Bonchev–Trinajstić information content (AvgIpc) is 3.31. The standard InChI is InChI=1S/C32H35FN2O12/c1-17(2)30(40)44-16-43-27(38)14-22-11-20(8-9-34-22)12-23-28(31(41)45-15-42-19(4)36)35(29(23)39)26(37)10-18(3)21-6-7-24-25(13-21)47-32(5,33)46-24/h6-9,11,13,17-18,23,28H,10,12,14-16H2,1-5H3/t18-,23?,28-,32?/m0/s1. The van der Waals surface area contributed by atoms with Crippen molar-refractivity contribution < 1.29 is 61.6 Å². The van der Waals surface area contributed by atoms with Gasteiger partial charge in [-0.3, -0.25) is 33.9 Å². The number of fused-ring (bicyclic) bond motifs is 1. The van der Waals surface area contributed by atoms with Crippen LogP contribution in [0.4, 0.5) is 4.39 Å². The lowest BCUT2D eigenvalue weighted by atomic mass is 9.81. The van der Waals surface area contributed by atoms with E-state index >= 15 is 0 Å². The van der Waals surface area contributed by atoms with Crippen LogP contribution < -0.4 is 9.47 Å². The zero-order valence-corrected chi connectivity index (χ0v) is 26.5. The van der Waals surface area contributed by atoms with Crippen LogP contribution in [0, 0.1) is 11.8 Å². The number of alkyl halides is 1. The van der Waals surface area contributed by atoms with Crippen molar-refractivity contribution in [1.29, 1.82) is 0 Å². The van der Waals surface area contributed by atoms with Gasteiger partial charge in [0.2, 0.25) is 25.4 Å². The number of hydrogen-bond donors (Lipinski definition) is 0. The maximum atomic E-state index is 14.1. The molecule has 3 heterocycles. The van der Waals surface area contributed by atoms with Crippen LogP contribution in [-0.4, -0.2) is 71.2 Å². The van der Waals surface area contributed by atoms with Crippen LogP contribution in [0.2, 0.25) is 0 Å². The van der Waals surface area contributed by atoms with Gasteiger partial charge in [0.15, 0.2) is 11.5 Å². The van der Waals surface area contributed by atoms with Gasteiger partial charge in [-0.1, -0.05) is 26.8 Å². The minimum absolute atomic E-state index is 0.00771. The molecule has 0 saturated carbocycles. The lowest BCUT2D eigenvalue weighted by molar-refractivity contribution is -0.187. The molecule has 2 unspecified atom stereocenters. The van der Waals surface area contributed by atoms with Crippen LogP contribution >= 0.6 is 0 Å². The Morgan fingerprint density at radius 2 is 1.68 bits per heavy atom. The summed E-state index contributed by atoms with van der Waals surface area (Å²) in [6.45, 7) is 5.98. The SMILES string of the molecule is CC(=O)OCOC(=O)[C@@H]1C(Cc2ccnc(CC(=O)OCOC(=O)C(C)C)c2)C(=O)N1C(=O)C[C@H](C)c1ccc2c(c1)OC(C)(F)O2. The second kappa shape index (κ2) is 14.6. The molecule has 0 aliphatic carbocycles. The molecule has 1 fully saturated rings. The Bertz CT molecular complexity index is 1560. The molecule has 2 aliphatic rings. The summed E-state index contributed by atoms with van der Waals surface area (Å²) in [5.74, 6) is -5.64. The Balaban J connectivity index is 1.43. The molecular formula is C32H35FN2O12. The number of aromatic nitrogens is 1. The summed E-state index contributed by atoms with van der Waals surface area (Å²) in [5.41, 5.74) is 1.44. The molecule has 2 aromatic rings. The lowest BCUT2D eigenvalue weighted by Gasteiger charge is -2.44. The van der Waals surface area contributed by atoms with Crippen molar-refractivity contribution in [3.05, 3.63) is 53.3 Å². The van der Waals surface area contributed by atoms with Crippen LogP contribution in [0.3, 0.4) is 0 Å². The quantitative estimate of drug-likeness (QED) is 0.175. The highest BCUT2D eigenvalue weighted by molar-refractivity contribution is 6.08. The topological polar surface area (TPSA) is 174 Å². The summed E-state index contributed by atoms with van der Waals surface area (Å²) < 4.78 is 43.8. The molecule has 4 atom stereocenters. The number of benzene rings is 1. The highest BCUT2D eigenvalue weighted by Gasteiger charge is 2.55. The number of carbonyl (C=O) groups is 6. The van der Waals surface area contributed by atoms with Crippen molar-refractivity contribution in [2.24, 2.45) is 11.8 Å². The fourth-order valence-electron chi connectivity index (χ4n) is 4.96. The number of esters is 4. The van der Waals surface area contributed by atoms with Gasteiger partial charge < -0.3 is 28.4 Å². The maximum absolute atomic E-state index is 14.1. The van der Waals surface area contributed by atoms with Crippen molar-refractivity contribution in [3.63, 3.8) is 0 Å². The van der Waals surface area contributed by atoms with Crippen molar-refractivity contribution in [3.8, 4) is 11.5 Å². The number of likely N-dealkylation sites (tertiary alicyclic amines) is 1. The third kappa shape index (κ3) is 8.80. The lowest BCUT2D eigenvalue weighted by Crippen LogP contribution is -2.67. The zero-order chi connectivity index (χ0) is 34.5. The molecule has 47 heavy (non-hydrogen) atoms. The number of nitrogens with zero attached hydrogens (tertiary/aromatic N) is 2.